The fourth-order valence-electron chi connectivity index (χ4n) is 5.16. The monoisotopic (exact) mass is 586 g/mol. The smallest absolute Gasteiger partial charge is 0.181 e. The van der Waals surface area contributed by atoms with Gasteiger partial charge in [0.05, 0.1) is 43.8 Å². The minimum absolute atomic E-state index is 0.114. The lowest BCUT2D eigenvalue weighted by molar-refractivity contribution is -0.0395. The van der Waals surface area contributed by atoms with Gasteiger partial charge in [-0.15, -0.1) is 5.10 Å². The molecule has 11 heteroatoms. The average Bonchev–Trinajstić information content (AvgIpc) is 3.54. The summed E-state index contributed by atoms with van der Waals surface area (Å²) in [6.45, 7) is 1.26. The predicted molar refractivity (Wildman–Crippen MR) is 161 cm³/mol. The largest absolute Gasteiger partial charge is 0.497 e. The first-order valence-electron chi connectivity index (χ1n) is 13.7. The number of anilines is 1. The van der Waals surface area contributed by atoms with E-state index in [2.05, 4.69) is 20.5 Å². The van der Waals surface area contributed by atoms with Crippen molar-refractivity contribution in [2.45, 2.75) is 32.0 Å². The Morgan fingerprint density at radius 3 is 2.64 bits per heavy atom. The molecule has 5 aromatic rings. The number of hydrogen-bond acceptors (Lipinski definition) is 9. The molecule has 1 unspecified atom stereocenters. The minimum atomic E-state index is -0.114. The molecule has 0 radical (unpaired) electrons. The van der Waals surface area contributed by atoms with Crippen LogP contribution in [0, 0.1) is 0 Å². The standard InChI is InChI=1S/C31H31ClN6O4/c1-39-21-9-7-20(28(13-21)40-2)16-33-27-17-35-36-26-12-19(8-10-22(26)27)23-14-25(32)29(41-3)15-24(23)31-34-18-38(37-31)30-6-4-5-11-42-30/h7-10,12-15,17-18,30H,4-6,11,16H2,1-3H3,(H,33,36). The normalized spacial score (nSPS) is 15.0. The molecule has 0 saturated carbocycles. The molecule has 3 aromatic carbocycles. The highest BCUT2D eigenvalue weighted by atomic mass is 35.5. The lowest BCUT2D eigenvalue weighted by atomic mass is 9.97. The van der Waals surface area contributed by atoms with Crippen LogP contribution >= 0.6 is 11.6 Å². The molecule has 1 saturated heterocycles. The predicted octanol–water partition coefficient (Wildman–Crippen LogP) is 6.55. The van der Waals surface area contributed by atoms with E-state index in [-0.39, 0.29) is 6.23 Å². The number of nitrogens with zero attached hydrogens (tertiary/aromatic N) is 5. The van der Waals surface area contributed by atoms with Crippen LogP contribution in [0.3, 0.4) is 0 Å². The zero-order chi connectivity index (χ0) is 29.1. The molecule has 0 bridgehead atoms. The van der Waals surface area contributed by atoms with Gasteiger partial charge in [0.15, 0.2) is 12.1 Å². The third-order valence-electron chi connectivity index (χ3n) is 7.41. The van der Waals surface area contributed by atoms with Crippen LogP contribution in [0.25, 0.3) is 33.4 Å². The van der Waals surface area contributed by atoms with Gasteiger partial charge in [-0.1, -0.05) is 17.7 Å². The molecular formula is C31H31ClN6O4. The lowest BCUT2D eigenvalue weighted by Crippen LogP contribution is -2.18. The van der Waals surface area contributed by atoms with Gasteiger partial charge in [-0.05, 0) is 66.8 Å². The average molecular weight is 587 g/mol. The highest BCUT2D eigenvalue weighted by Gasteiger charge is 2.21. The van der Waals surface area contributed by atoms with Gasteiger partial charge in [0.2, 0.25) is 0 Å². The van der Waals surface area contributed by atoms with Crippen LogP contribution in [0.2, 0.25) is 5.02 Å². The van der Waals surface area contributed by atoms with E-state index < -0.39 is 0 Å². The maximum Gasteiger partial charge on any atom is 0.181 e. The van der Waals surface area contributed by atoms with Crippen LogP contribution in [0.15, 0.2) is 61.1 Å². The molecule has 6 rings (SSSR count). The van der Waals surface area contributed by atoms with Gasteiger partial charge in [-0.25, -0.2) is 9.67 Å². The maximum absolute atomic E-state index is 6.61. The summed E-state index contributed by atoms with van der Waals surface area (Å²) in [5, 5.41) is 18.3. The molecule has 3 heterocycles. The maximum atomic E-state index is 6.61. The fourth-order valence-corrected chi connectivity index (χ4v) is 5.40. The number of fused-ring (bicyclic) bond motifs is 1. The molecule has 10 nitrogen and oxygen atoms in total. The van der Waals surface area contributed by atoms with Crippen molar-refractivity contribution in [3.8, 4) is 39.8 Å². The third-order valence-corrected chi connectivity index (χ3v) is 7.70. The second kappa shape index (κ2) is 12.2. The summed E-state index contributed by atoms with van der Waals surface area (Å²) in [6, 6.07) is 15.5. The number of benzene rings is 3. The zero-order valence-electron chi connectivity index (χ0n) is 23.6. The van der Waals surface area contributed by atoms with E-state index in [1.54, 1.807) is 38.5 Å². The molecule has 1 aliphatic rings. The summed E-state index contributed by atoms with van der Waals surface area (Å²) in [4.78, 5) is 4.62. The highest BCUT2D eigenvalue weighted by molar-refractivity contribution is 6.32. The number of nitrogens with one attached hydrogen (secondary N) is 1. The number of ether oxygens (including phenoxy) is 4. The first-order valence-corrected chi connectivity index (χ1v) is 14.1. The van der Waals surface area contributed by atoms with Gasteiger partial charge >= 0.3 is 0 Å². The summed E-state index contributed by atoms with van der Waals surface area (Å²) < 4.78 is 24.1. The summed E-state index contributed by atoms with van der Waals surface area (Å²) in [6.07, 6.45) is 6.40. The van der Waals surface area contributed by atoms with Gasteiger partial charge in [0, 0.05) is 35.7 Å². The molecule has 1 atom stereocenters. The molecular weight excluding hydrogens is 556 g/mol. The topological polar surface area (TPSA) is 105 Å². The number of hydrogen-bond donors (Lipinski definition) is 1. The van der Waals surface area contributed by atoms with Crippen molar-refractivity contribution in [1.82, 2.24) is 25.0 Å². The van der Waals surface area contributed by atoms with Gasteiger partial charge in [0.1, 0.15) is 23.6 Å². The Morgan fingerprint density at radius 2 is 1.86 bits per heavy atom. The molecule has 1 N–H and O–H groups in total. The Morgan fingerprint density at radius 1 is 0.976 bits per heavy atom. The first kappa shape index (κ1) is 27.7. The fraction of sp³-hybridized carbons (Fsp3) is 0.290. The van der Waals surface area contributed by atoms with Crippen molar-refractivity contribution in [3.63, 3.8) is 0 Å². The van der Waals surface area contributed by atoms with Crippen LogP contribution in [-0.4, -0.2) is 52.9 Å². The van der Waals surface area contributed by atoms with Crippen LogP contribution in [-0.2, 0) is 11.3 Å². The summed E-state index contributed by atoms with van der Waals surface area (Å²) in [7, 11) is 4.87. The summed E-state index contributed by atoms with van der Waals surface area (Å²) in [5.74, 6) is 2.58. The quantitative estimate of drug-likeness (QED) is 0.206. The second-order valence-corrected chi connectivity index (χ2v) is 10.3. The van der Waals surface area contributed by atoms with Crippen molar-refractivity contribution in [3.05, 3.63) is 71.6 Å². The van der Waals surface area contributed by atoms with E-state index in [1.165, 1.54) is 0 Å². The van der Waals surface area contributed by atoms with Crippen LogP contribution in [0.1, 0.15) is 31.1 Å². The van der Waals surface area contributed by atoms with Crippen molar-refractivity contribution in [2.24, 2.45) is 0 Å². The van der Waals surface area contributed by atoms with Crippen molar-refractivity contribution < 1.29 is 18.9 Å². The summed E-state index contributed by atoms with van der Waals surface area (Å²) in [5.41, 5.74) is 5.11. The number of methoxy groups -OCH3 is 3. The van der Waals surface area contributed by atoms with Crippen molar-refractivity contribution in [1.29, 1.82) is 0 Å². The van der Waals surface area contributed by atoms with Gasteiger partial charge in [-0.2, -0.15) is 10.2 Å². The second-order valence-electron chi connectivity index (χ2n) is 9.92. The minimum Gasteiger partial charge on any atom is -0.497 e. The lowest BCUT2D eigenvalue weighted by Gasteiger charge is -2.22. The van der Waals surface area contributed by atoms with E-state index >= 15 is 0 Å². The Kier molecular flexibility index (Phi) is 8.07. The molecule has 42 heavy (non-hydrogen) atoms. The van der Waals surface area contributed by atoms with Crippen molar-refractivity contribution >= 4 is 28.2 Å². The van der Waals surface area contributed by atoms with E-state index in [0.717, 1.165) is 76.2 Å². The molecule has 1 fully saturated rings. The van der Waals surface area contributed by atoms with Crippen LogP contribution in [0.4, 0.5) is 5.69 Å². The van der Waals surface area contributed by atoms with Gasteiger partial charge < -0.3 is 24.3 Å². The molecule has 0 spiro atoms. The summed E-state index contributed by atoms with van der Waals surface area (Å²) >= 11 is 6.61. The van der Waals surface area contributed by atoms with Gasteiger partial charge in [-0.3, -0.25) is 0 Å². The molecule has 0 amide bonds. The number of rotatable bonds is 9. The molecule has 1 aliphatic heterocycles. The molecule has 0 aliphatic carbocycles. The van der Waals surface area contributed by atoms with Gasteiger partial charge in [0.25, 0.3) is 0 Å². The van der Waals surface area contributed by atoms with E-state index in [4.69, 9.17) is 35.6 Å². The molecule has 2 aromatic heterocycles. The Bertz CT molecular complexity index is 1720. The molecule has 216 valence electrons. The van der Waals surface area contributed by atoms with Crippen LogP contribution in [0.5, 0.6) is 17.2 Å². The van der Waals surface area contributed by atoms with Crippen molar-refractivity contribution in [2.75, 3.05) is 33.3 Å². The highest BCUT2D eigenvalue weighted by Crippen LogP contribution is 2.40. The third kappa shape index (κ3) is 5.55. The van der Waals surface area contributed by atoms with E-state index in [1.807, 2.05) is 48.5 Å². The SMILES string of the molecule is COc1ccc(CNc2cnnc3cc(-c4cc(Cl)c(OC)cc4-c4ncn(C5CCCCO5)n4)ccc23)c(OC)c1. The first-order chi connectivity index (χ1) is 20.6. The number of aromatic nitrogens is 5. The van der Waals surface area contributed by atoms with E-state index in [0.29, 0.717) is 23.1 Å². The Hall–Kier alpha value is -4.41. The number of halogens is 1. The van der Waals surface area contributed by atoms with Crippen LogP contribution < -0.4 is 19.5 Å². The van der Waals surface area contributed by atoms with E-state index in [9.17, 15) is 0 Å². The zero-order valence-corrected chi connectivity index (χ0v) is 24.4. The Balaban J connectivity index is 1.34. The Labute approximate surface area is 248 Å².